The largest absolute Gasteiger partial charge is 0.324 e. The van der Waals surface area contributed by atoms with E-state index in [0.717, 1.165) is 24.0 Å². The van der Waals surface area contributed by atoms with Gasteiger partial charge in [0.2, 0.25) is 0 Å². The van der Waals surface area contributed by atoms with Crippen LogP contribution >= 0.6 is 0 Å². The van der Waals surface area contributed by atoms with Crippen molar-refractivity contribution in [2.24, 2.45) is 5.73 Å². The highest BCUT2D eigenvalue weighted by atomic mass is 14.6. The first-order valence-electron chi connectivity index (χ1n) is 4.95. The van der Waals surface area contributed by atoms with Crippen molar-refractivity contribution in [2.45, 2.75) is 32.7 Å². The molecular formula is C12H16N2. The molecule has 1 aromatic carbocycles. The van der Waals surface area contributed by atoms with Gasteiger partial charge in [-0.1, -0.05) is 25.5 Å². The van der Waals surface area contributed by atoms with E-state index in [1.165, 1.54) is 0 Å². The molecule has 0 aliphatic heterocycles. The number of hydrogen-bond donors (Lipinski definition) is 1. The van der Waals surface area contributed by atoms with Crippen molar-refractivity contribution in [2.75, 3.05) is 0 Å². The molecule has 0 fully saturated rings. The molecule has 0 radical (unpaired) electrons. The van der Waals surface area contributed by atoms with Crippen LogP contribution < -0.4 is 5.73 Å². The summed E-state index contributed by atoms with van der Waals surface area (Å²) in [4.78, 5) is 0. The quantitative estimate of drug-likeness (QED) is 0.792. The molecule has 1 aromatic rings. The van der Waals surface area contributed by atoms with Crippen LogP contribution in [0.5, 0.6) is 0 Å². The van der Waals surface area contributed by atoms with E-state index >= 15 is 0 Å². The molecule has 0 heterocycles. The van der Waals surface area contributed by atoms with Crippen LogP contribution in [0.4, 0.5) is 0 Å². The maximum absolute atomic E-state index is 8.95. The molecule has 0 saturated carbocycles. The molecule has 1 unspecified atom stereocenters. The summed E-state index contributed by atoms with van der Waals surface area (Å²) in [5, 5.41) is 8.95. The average molecular weight is 188 g/mol. The minimum absolute atomic E-state index is 0.00440. The Morgan fingerprint density at radius 3 is 2.79 bits per heavy atom. The monoisotopic (exact) mass is 188 g/mol. The number of hydrogen-bond acceptors (Lipinski definition) is 2. The summed E-state index contributed by atoms with van der Waals surface area (Å²) in [6, 6.07) is 8.06. The summed E-state index contributed by atoms with van der Waals surface area (Å²) in [7, 11) is 0. The minimum Gasteiger partial charge on any atom is -0.324 e. The molecule has 0 aliphatic carbocycles. The standard InChI is InChI=1S/C12H16N2/c1-3-4-12(14)11-6-5-9(2)7-10(11)8-13/h5-7,12H,3-4,14H2,1-2H3. The first kappa shape index (κ1) is 10.7. The van der Waals surface area contributed by atoms with Crippen molar-refractivity contribution < 1.29 is 0 Å². The Kier molecular flexibility index (Phi) is 3.67. The molecule has 0 spiro atoms. The van der Waals surface area contributed by atoms with Crippen LogP contribution in [0.3, 0.4) is 0 Å². The molecule has 2 nitrogen and oxygen atoms in total. The fourth-order valence-corrected chi connectivity index (χ4v) is 1.56. The second-order valence-electron chi connectivity index (χ2n) is 3.60. The van der Waals surface area contributed by atoms with Crippen molar-refractivity contribution >= 4 is 0 Å². The molecule has 0 aliphatic rings. The normalized spacial score (nSPS) is 12.1. The third kappa shape index (κ3) is 2.34. The summed E-state index contributed by atoms with van der Waals surface area (Å²) < 4.78 is 0. The molecule has 14 heavy (non-hydrogen) atoms. The number of nitrogens with two attached hydrogens (primary N) is 1. The smallest absolute Gasteiger partial charge is 0.0995 e. The first-order chi connectivity index (χ1) is 6.69. The molecular weight excluding hydrogens is 172 g/mol. The predicted molar refractivity (Wildman–Crippen MR) is 57.7 cm³/mol. The molecule has 1 rings (SSSR count). The Hall–Kier alpha value is -1.33. The SMILES string of the molecule is CCCC(N)c1ccc(C)cc1C#N. The molecule has 2 N–H and O–H groups in total. The summed E-state index contributed by atoms with van der Waals surface area (Å²) in [6.07, 6.45) is 1.97. The summed E-state index contributed by atoms with van der Waals surface area (Å²) in [6.45, 7) is 4.08. The van der Waals surface area contributed by atoms with Crippen molar-refractivity contribution in [3.05, 3.63) is 34.9 Å². The highest BCUT2D eigenvalue weighted by Gasteiger charge is 2.09. The van der Waals surface area contributed by atoms with Crippen molar-refractivity contribution in [3.63, 3.8) is 0 Å². The van der Waals surface area contributed by atoms with Gasteiger partial charge in [-0.25, -0.2) is 0 Å². The lowest BCUT2D eigenvalue weighted by Gasteiger charge is -2.12. The number of aryl methyl sites for hydroxylation is 1. The topological polar surface area (TPSA) is 49.8 Å². The van der Waals surface area contributed by atoms with Gasteiger partial charge in [-0.2, -0.15) is 5.26 Å². The van der Waals surface area contributed by atoms with Gasteiger partial charge in [-0.3, -0.25) is 0 Å². The highest BCUT2D eigenvalue weighted by molar-refractivity contribution is 5.41. The molecule has 1 atom stereocenters. The van der Waals surface area contributed by atoms with Crippen LogP contribution in [0, 0.1) is 18.3 Å². The van der Waals surface area contributed by atoms with Crippen LogP contribution in [0.25, 0.3) is 0 Å². The van der Waals surface area contributed by atoms with Gasteiger partial charge in [0.1, 0.15) is 0 Å². The van der Waals surface area contributed by atoms with E-state index in [2.05, 4.69) is 13.0 Å². The van der Waals surface area contributed by atoms with Gasteiger partial charge in [0.05, 0.1) is 11.6 Å². The van der Waals surface area contributed by atoms with E-state index < -0.39 is 0 Å². The van der Waals surface area contributed by atoms with E-state index in [4.69, 9.17) is 11.0 Å². The Morgan fingerprint density at radius 2 is 2.21 bits per heavy atom. The van der Waals surface area contributed by atoms with Crippen molar-refractivity contribution in [1.82, 2.24) is 0 Å². The number of rotatable bonds is 3. The molecule has 0 bridgehead atoms. The van der Waals surface area contributed by atoms with Gasteiger partial charge < -0.3 is 5.73 Å². The van der Waals surface area contributed by atoms with Crippen LogP contribution in [-0.4, -0.2) is 0 Å². The van der Waals surface area contributed by atoms with Crippen molar-refractivity contribution in [1.29, 1.82) is 5.26 Å². The second-order valence-corrected chi connectivity index (χ2v) is 3.60. The Bertz CT molecular complexity index is 350. The molecule has 0 amide bonds. The van der Waals surface area contributed by atoms with E-state index in [1.54, 1.807) is 0 Å². The Labute approximate surface area is 85.4 Å². The summed E-state index contributed by atoms with van der Waals surface area (Å²) in [5.41, 5.74) is 8.77. The zero-order valence-electron chi connectivity index (χ0n) is 8.75. The van der Waals surface area contributed by atoms with Gasteiger partial charge in [0.15, 0.2) is 0 Å². The van der Waals surface area contributed by atoms with E-state index in [1.807, 2.05) is 25.1 Å². The number of nitriles is 1. The van der Waals surface area contributed by atoms with E-state index in [0.29, 0.717) is 5.56 Å². The second kappa shape index (κ2) is 4.78. The minimum atomic E-state index is -0.00440. The van der Waals surface area contributed by atoms with Gasteiger partial charge in [0, 0.05) is 6.04 Å². The first-order valence-corrected chi connectivity index (χ1v) is 4.95. The van der Waals surface area contributed by atoms with Gasteiger partial charge >= 0.3 is 0 Å². The Morgan fingerprint density at radius 1 is 1.50 bits per heavy atom. The van der Waals surface area contributed by atoms with Gasteiger partial charge in [-0.15, -0.1) is 0 Å². The van der Waals surface area contributed by atoms with E-state index in [-0.39, 0.29) is 6.04 Å². The molecule has 74 valence electrons. The zero-order chi connectivity index (χ0) is 10.6. The third-order valence-corrected chi connectivity index (χ3v) is 2.33. The summed E-state index contributed by atoms with van der Waals surface area (Å²) in [5.74, 6) is 0. The Balaban J connectivity index is 3.03. The zero-order valence-corrected chi connectivity index (χ0v) is 8.75. The maximum atomic E-state index is 8.95. The average Bonchev–Trinajstić information content (AvgIpc) is 2.17. The van der Waals surface area contributed by atoms with Crippen LogP contribution in [0.2, 0.25) is 0 Å². The van der Waals surface area contributed by atoms with Crippen LogP contribution in [0.15, 0.2) is 18.2 Å². The van der Waals surface area contributed by atoms with Gasteiger partial charge in [0.25, 0.3) is 0 Å². The lowest BCUT2D eigenvalue weighted by Crippen LogP contribution is -2.11. The highest BCUT2D eigenvalue weighted by Crippen LogP contribution is 2.20. The molecule has 0 saturated heterocycles. The predicted octanol–water partition coefficient (Wildman–Crippen LogP) is 2.67. The number of benzene rings is 1. The molecule has 0 aromatic heterocycles. The third-order valence-electron chi connectivity index (χ3n) is 2.33. The fourth-order valence-electron chi connectivity index (χ4n) is 1.56. The van der Waals surface area contributed by atoms with Crippen LogP contribution in [-0.2, 0) is 0 Å². The maximum Gasteiger partial charge on any atom is 0.0995 e. The lowest BCUT2D eigenvalue weighted by atomic mass is 9.97. The van der Waals surface area contributed by atoms with Gasteiger partial charge in [-0.05, 0) is 30.5 Å². The van der Waals surface area contributed by atoms with E-state index in [9.17, 15) is 0 Å². The summed E-state index contributed by atoms with van der Waals surface area (Å²) >= 11 is 0. The lowest BCUT2D eigenvalue weighted by molar-refractivity contribution is 0.637. The number of nitrogens with zero attached hydrogens (tertiary/aromatic N) is 1. The molecule has 2 heteroatoms. The van der Waals surface area contributed by atoms with Crippen LogP contribution in [0.1, 0.15) is 42.5 Å². The fraction of sp³-hybridized carbons (Fsp3) is 0.417. The van der Waals surface area contributed by atoms with Crippen molar-refractivity contribution in [3.8, 4) is 6.07 Å².